The molecule has 30 heavy (non-hydrogen) atoms. The Hall–Kier alpha value is -2.56. The molecular formula is C20H20BrN5O3S. The number of aromatic nitrogens is 3. The van der Waals surface area contributed by atoms with Crippen molar-refractivity contribution in [1.82, 2.24) is 24.4 Å². The van der Waals surface area contributed by atoms with Crippen molar-refractivity contribution in [2.24, 2.45) is 0 Å². The number of hydrogen-bond acceptors (Lipinski definition) is 5. The molecule has 0 atom stereocenters. The highest BCUT2D eigenvalue weighted by Gasteiger charge is 2.28. The van der Waals surface area contributed by atoms with Crippen molar-refractivity contribution >= 4 is 31.9 Å². The van der Waals surface area contributed by atoms with Crippen LogP contribution in [0.15, 0.2) is 64.5 Å². The van der Waals surface area contributed by atoms with Gasteiger partial charge in [-0.25, -0.2) is 18.1 Å². The van der Waals surface area contributed by atoms with E-state index in [0.29, 0.717) is 24.1 Å². The van der Waals surface area contributed by atoms with Gasteiger partial charge in [-0.15, -0.1) is 0 Å². The second kappa shape index (κ2) is 8.66. The van der Waals surface area contributed by atoms with Crippen LogP contribution in [-0.4, -0.2) is 46.5 Å². The minimum Gasteiger partial charge on any atom is -0.348 e. The van der Waals surface area contributed by atoms with Gasteiger partial charge in [-0.05, 0) is 64.7 Å². The summed E-state index contributed by atoms with van der Waals surface area (Å²) >= 11 is 3.35. The molecule has 1 fully saturated rings. The zero-order valence-corrected chi connectivity index (χ0v) is 18.4. The van der Waals surface area contributed by atoms with E-state index >= 15 is 0 Å². The van der Waals surface area contributed by atoms with Crippen LogP contribution in [0.2, 0.25) is 0 Å². The summed E-state index contributed by atoms with van der Waals surface area (Å²) in [5.41, 5.74) is 2.06. The van der Waals surface area contributed by atoms with Gasteiger partial charge in [0.05, 0.1) is 16.1 Å². The number of carbonyl (C=O) groups excluding carboxylic acids is 1. The summed E-state index contributed by atoms with van der Waals surface area (Å²) in [4.78, 5) is 16.8. The van der Waals surface area contributed by atoms with Crippen molar-refractivity contribution < 1.29 is 13.2 Å². The van der Waals surface area contributed by atoms with Crippen molar-refractivity contribution in [2.45, 2.75) is 24.3 Å². The summed E-state index contributed by atoms with van der Waals surface area (Å²) < 4.78 is 29.2. The lowest BCUT2D eigenvalue weighted by molar-refractivity contribution is 0.0950. The van der Waals surface area contributed by atoms with E-state index in [1.54, 1.807) is 17.1 Å². The molecule has 1 saturated heterocycles. The van der Waals surface area contributed by atoms with Crippen LogP contribution in [-0.2, 0) is 16.6 Å². The van der Waals surface area contributed by atoms with E-state index in [1.165, 1.54) is 22.8 Å². The highest BCUT2D eigenvalue weighted by Crippen LogP contribution is 2.25. The Balaban J connectivity index is 1.47. The molecule has 1 aliphatic heterocycles. The highest BCUT2D eigenvalue weighted by molar-refractivity contribution is 9.10. The molecule has 0 saturated carbocycles. The van der Waals surface area contributed by atoms with Gasteiger partial charge in [0.15, 0.2) is 0 Å². The number of nitrogens with one attached hydrogen (secondary N) is 1. The largest absolute Gasteiger partial charge is 0.348 e. The van der Waals surface area contributed by atoms with Crippen LogP contribution in [0.3, 0.4) is 0 Å². The average Bonchev–Trinajstić information content (AvgIpc) is 3.47. The molecule has 1 amide bonds. The van der Waals surface area contributed by atoms with Crippen molar-refractivity contribution in [3.05, 3.63) is 70.7 Å². The van der Waals surface area contributed by atoms with E-state index in [1.807, 2.05) is 24.3 Å². The Bertz CT molecular complexity index is 1140. The monoisotopic (exact) mass is 489 g/mol. The normalized spacial score (nSPS) is 14.7. The molecule has 0 bridgehead atoms. The van der Waals surface area contributed by atoms with E-state index in [9.17, 15) is 13.2 Å². The van der Waals surface area contributed by atoms with Gasteiger partial charge in [0.25, 0.3) is 5.91 Å². The zero-order valence-electron chi connectivity index (χ0n) is 16.0. The molecule has 2 aromatic carbocycles. The first-order chi connectivity index (χ1) is 14.4. The molecular weight excluding hydrogens is 470 g/mol. The van der Waals surface area contributed by atoms with Gasteiger partial charge in [-0.2, -0.15) is 9.40 Å². The quantitative estimate of drug-likeness (QED) is 0.573. The standard InChI is InChI=1S/C20H20BrN5O3S/c21-19-8-7-17(30(28,29)25-9-1-2-10-25)11-18(19)20(27)23-12-15-3-5-16(6-4-15)26-14-22-13-24-26/h3-8,11,13-14H,1-2,9-10,12H2,(H,23,27). The van der Waals surface area contributed by atoms with Gasteiger partial charge < -0.3 is 5.32 Å². The molecule has 1 aromatic heterocycles. The Morgan fingerprint density at radius 3 is 2.50 bits per heavy atom. The summed E-state index contributed by atoms with van der Waals surface area (Å²) in [7, 11) is -3.59. The van der Waals surface area contributed by atoms with E-state index in [4.69, 9.17) is 0 Å². The van der Waals surface area contributed by atoms with Gasteiger partial charge in [0, 0.05) is 24.1 Å². The van der Waals surface area contributed by atoms with Crippen LogP contribution in [0.1, 0.15) is 28.8 Å². The van der Waals surface area contributed by atoms with E-state index in [-0.39, 0.29) is 16.4 Å². The van der Waals surface area contributed by atoms with E-state index in [2.05, 4.69) is 31.3 Å². The summed E-state index contributed by atoms with van der Waals surface area (Å²) in [6.45, 7) is 1.35. The first-order valence-electron chi connectivity index (χ1n) is 9.47. The molecule has 0 aliphatic carbocycles. The van der Waals surface area contributed by atoms with E-state index < -0.39 is 10.0 Å². The van der Waals surface area contributed by atoms with Gasteiger partial charge in [-0.1, -0.05) is 12.1 Å². The lowest BCUT2D eigenvalue weighted by atomic mass is 10.2. The van der Waals surface area contributed by atoms with Crippen molar-refractivity contribution in [1.29, 1.82) is 0 Å². The summed E-state index contributed by atoms with van der Waals surface area (Å²) in [6.07, 6.45) is 4.79. The third kappa shape index (κ3) is 4.30. The van der Waals surface area contributed by atoms with Crippen molar-refractivity contribution in [3.8, 4) is 5.69 Å². The topological polar surface area (TPSA) is 97.2 Å². The summed E-state index contributed by atoms with van der Waals surface area (Å²) in [5, 5.41) is 6.92. The first-order valence-corrected chi connectivity index (χ1v) is 11.7. The maximum atomic E-state index is 12.8. The van der Waals surface area contributed by atoms with E-state index in [0.717, 1.165) is 24.1 Å². The van der Waals surface area contributed by atoms with Crippen molar-refractivity contribution in [2.75, 3.05) is 13.1 Å². The second-order valence-electron chi connectivity index (χ2n) is 6.94. The molecule has 3 aromatic rings. The first kappa shape index (κ1) is 20.7. The van der Waals surface area contributed by atoms with Crippen LogP contribution in [0.25, 0.3) is 5.69 Å². The smallest absolute Gasteiger partial charge is 0.252 e. The maximum Gasteiger partial charge on any atom is 0.252 e. The molecule has 156 valence electrons. The number of sulfonamides is 1. The molecule has 4 rings (SSSR count). The van der Waals surface area contributed by atoms with Crippen molar-refractivity contribution in [3.63, 3.8) is 0 Å². The molecule has 8 nitrogen and oxygen atoms in total. The van der Waals surface area contributed by atoms with Crippen LogP contribution in [0.5, 0.6) is 0 Å². The number of nitrogens with zero attached hydrogens (tertiary/aromatic N) is 4. The fourth-order valence-electron chi connectivity index (χ4n) is 3.30. The number of halogens is 1. The fourth-order valence-corrected chi connectivity index (χ4v) is 5.27. The van der Waals surface area contributed by atoms with Gasteiger partial charge in [0.1, 0.15) is 12.7 Å². The molecule has 0 unspecified atom stereocenters. The molecule has 1 aliphatic rings. The Kier molecular flexibility index (Phi) is 5.98. The van der Waals surface area contributed by atoms with Crippen LogP contribution >= 0.6 is 15.9 Å². The molecule has 2 heterocycles. The lowest BCUT2D eigenvalue weighted by Gasteiger charge is -2.16. The molecule has 1 N–H and O–H groups in total. The summed E-state index contributed by atoms with van der Waals surface area (Å²) in [5.74, 6) is -0.347. The van der Waals surface area contributed by atoms with Gasteiger partial charge >= 0.3 is 0 Å². The minimum absolute atomic E-state index is 0.134. The van der Waals surface area contributed by atoms with Gasteiger partial charge in [-0.3, -0.25) is 4.79 Å². The Labute approximate surface area is 183 Å². The molecule has 0 radical (unpaired) electrons. The third-order valence-corrected chi connectivity index (χ3v) is 7.54. The molecule has 10 heteroatoms. The maximum absolute atomic E-state index is 12.8. The number of carbonyl (C=O) groups is 1. The predicted molar refractivity (Wildman–Crippen MR) is 115 cm³/mol. The Morgan fingerprint density at radius 2 is 1.83 bits per heavy atom. The number of benzene rings is 2. The van der Waals surface area contributed by atoms with Crippen LogP contribution < -0.4 is 5.32 Å². The van der Waals surface area contributed by atoms with Crippen LogP contribution in [0.4, 0.5) is 0 Å². The van der Waals surface area contributed by atoms with Crippen LogP contribution in [0, 0.1) is 0 Å². The van der Waals surface area contributed by atoms with Gasteiger partial charge in [0.2, 0.25) is 10.0 Å². The second-order valence-corrected chi connectivity index (χ2v) is 9.73. The number of hydrogen-bond donors (Lipinski definition) is 1. The Morgan fingerprint density at radius 1 is 1.10 bits per heavy atom. The predicted octanol–water partition coefficient (Wildman–Crippen LogP) is 2.74. The minimum atomic E-state index is -3.59. The molecule has 0 spiro atoms. The number of amides is 1. The summed E-state index contributed by atoms with van der Waals surface area (Å²) in [6, 6.07) is 12.1. The SMILES string of the molecule is O=C(NCc1ccc(-n2cncn2)cc1)c1cc(S(=O)(=O)N2CCCC2)ccc1Br. The average molecular weight is 490 g/mol. The fraction of sp³-hybridized carbons (Fsp3) is 0.250. The number of rotatable bonds is 6. The highest BCUT2D eigenvalue weighted by atomic mass is 79.9. The zero-order chi connectivity index (χ0) is 21.1. The lowest BCUT2D eigenvalue weighted by Crippen LogP contribution is -2.28. The third-order valence-electron chi connectivity index (χ3n) is 4.96.